The number of carbonyl (C=O) groups is 2. The Morgan fingerprint density at radius 2 is 1.56 bits per heavy atom. The standard InChI is InChI=1S/C31H29N5O3/c1-18(2)21-8-4-5-9-22(21)24-17-36(3)31(39)28-23(24)16-27(34-28)30(38)33-20-14-12-19(13-15-20)29(37)35-26-11-7-6-10-25(26)32/h4-18,34H,32H2,1-3H3,(H,33,38)(H,35,37). The summed E-state index contributed by atoms with van der Waals surface area (Å²) in [5.41, 5.74) is 11.3. The third-order valence-electron chi connectivity index (χ3n) is 6.70. The first kappa shape index (κ1) is 25.5. The monoisotopic (exact) mass is 519 g/mol. The van der Waals surface area contributed by atoms with E-state index in [4.69, 9.17) is 5.73 Å². The fraction of sp³-hybridized carbons (Fsp3) is 0.129. The smallest absolute Gasteiger partial charge is 0.274 e. The fourth-order valence-electron chi connectivity index (χ4n) is 4.63. The Bertz CT molecular complexity index is 1760. The van der Waals surface area contributed by atoms with Crippen LogP contribution in [0, 0.1) is 0 Å². The summed E-state index contributed by atoms with van der Waals surface area (Å²) >= 11 is 0. The van der Waals surface area contributed by atoms with E-state index in [1.54, 1.807) is 61.6 Å². The Morgan fingerprint density at radius 1 is 0.872 bits per heavy atom. The molecule has 0 aliphatic carbocycles. The molecule has 5 rings (SSSR count). The van der Waals surface area contributed by atoms with Crippen LogP contribution >= 0.6 is 0 Å². The normalized spacial score (nSPS) is 11.1. The number of hydrogen-bond donors (Lipinski definition) is 4. The van der Waals surface area contributed by atoms with Gasteiger partial charge in [-0.05, 0) is 59.5 Å². The van der Waals surface area contributed by atoms with Crippen LogP contribution in [0.25, 0.3) is 22.0 Å². The molecule has 2 heterocycles. The molecule has 0 saturated carbocycles. The van der Waals surface area contributed by atoms with E-state index in [2.05, 4.69) is 35.5 Å². The highest BCUT2D eigenvalue weighted by atomic mass is 16.2. The molecule has 5 aromatic rings. The average molecular weight is 520 g/mol. The number of pyridine rings is 1. The summed E-state index contributed by atoms with van der Waals surface area (Å²) in [6.07, 6.45) is 1.81. The molecule has 8 heteroatoms. The Morgan fingerprint density at radius 3 is 2.28 bits per heavy atom. The number of benzene rings is 3. The lowest BCUT2D eigenvalue weighted by molar-refractivity contribution is 0.101. The van der Waals surface area contributed by atoms with Gasteiger partial charge in [0.1, 0.15) is 11.2 Å². The van der Waals surface area contributed by atoms with E-state index in [0.29, 0.717) is 33.5 Å². The molecule has 2 aromatic heterocycles. The number of aryl methyl sites for hydroxylation is 1. The lowest BCUT2D eigenvalue weighted by Crippen LogP contribution is -2.17. The van der Waals surface area contributed by atoms with Gasteiger partial charge >= 0.3 is 0 Å². The molecule has 0 aliphatic rings. The van der Waals surface area contributed by atoms with Crippen molar-refractivity contribution >= 4 is 39.8 Å². The number of aromatic nitrogens is 2. The van der Waals surface area contributed by atoms with Crippen molar-refractivity contribution in [2.24, 2.45) is 7.05 Å². The van der Waals surface area contributed by atoms with E-state index in [0.717, 1.165) is 16.7 Å². The van der Waals surface area contributed by atoms with Crippen LogP contribution in [0.1, 0.15) is 46.2 Å². The Labute approximate surface area is 225 Å². The van der Waals surface area contributed by atoms with Gasteiger partial charge in [-0.2, -0.15) is 0 Å². The maximum absolute atomic E-state index is 13.2. The SMILES string of the molecule is CC(C)c1ccccc1-c1cn(C)c(=O)c2[nH]c(C(=O)Nc3ccc(C(=O)Nc4ccccc4N)cc3)cc12. The molecule has 39 heavy (non-hydrogen) atoms. The number of rotatable bonds is 6. The lowest BCUT2D eigenvalue weighted by atomic mass is 9.92. The van der Waals surface area contributed by atoms with Gasteiger partial charge in [0.05, 0.1) is 11.4 Å². The maximum atomic E-state index is 13.2. The first-order valence-electron chi connectivity index (χ1n) is 12.6. The minimum Gasteiger partial charge on any atom is -0.397 e. The van der Waals surface area contributed by atoms with Crippen molar-refractivity contribution in [1.29, 1.82) is 0 Å². The molecule has 2 amide bonds. The molecule has 0 unspecified atom stereocenters. The number of H-pyrrole nitrogens is 1. The van der Waals surface area contributed by atoms with Gasteiger partial charge in [0.15, 0.2) is 0 Å². The molecular formula is C31H29N5O3. The number of nitrogens with one attached hydrogen (secondary N) is 3. The number of para-hydroxylation sites is 2. The second-order valence-corrected chi connectivity index (χ2v) is 9.75. The molecule has 0 aliphatic heterocycles. The zero-order valence-corrected chi connectivity index (χ0v) is 21.9. The highest BCUT2D eigenvalue weighted by Crippen LogP contribution is 2.33. The van der Waals surface area contributed by atoms with Crippen molar-refractivity contribution in [2.45, 2.75) is 19.8 Å². The van der Waals surface area contributed by atoms with E-state index in [1.807, 2.05) is 24.4 Å². The van der Waals surface area contributed by atoms with Gasteiger partial charge < -0.3 is 25.9 Å². The summed E-state index contributed by atoms with van der Waals surface area (Å²) < 4.78 is 1.53. The maximum Gasteiger partial charge on any atom is 0.274 e. The summed E-state index contributed by atoms with van der Waals surface area (Å²) in [6, 6.07) is 23.3. The van der Waals surface area contributed by atoms with Crippen LogP contribution in [0.3, 0.4) is 0 Å². The topological polar surface area (TPSA) is 122 Å². The zero-order chi connectivity index (χ0) is 27.7. The van der Waals surface area contributed by atoms with Gasteiger partial charge in [-0.25, -0.2) is 0 Å². The number of nitrogen functional groups attached to an aromatic ring is 1. The van der Waals surface area contributed by atoms with Crippen molar-refractivity contribution in [3.05, 3.63) is 112 Å². The number of hydrogen-bond acceptors (Lipinski definition) is 4. The van der Waals surface area contributed by atoms with Gasteiger partial charge in [-0.15, -0.1) is 0 Å². The van der Waals surface area contributed by atoms with Crippen LogP contribution in [0.15, 0.2) is 89.9 Å². The number of carbonyl (C=O) groups excluding carboxylic acids is 2. The molecule has 3 aromatic carbocycles. The summed E-state index contributed by atoms with van der Waals surface area (Å²) in [6.45, 7) is 4.25. The van der Waals surface area contributed by atoms with Crippen molar-refractivity contribution in [3.8, 4) is 11.1 Å². The molecule has 0 atom stereocenters. The molecule has 0 spiro atoms. The van der Waals surface area contributed by atoms with Crippen molar-refractivity contribution in [2.75, 3.05) is 16.4 Å². The van der Waals surface area contributed by atoms with E-state index in [1.165, 1.54) is 4.57 Å². The predicted octanol–water partition coefficient (Wildman–Crippen LogP) is 5.74. The van der Waals surface area contributed by atoms with E-state index < -0.39 is 5.91 Å². The highest BCUT2D eigenvalue weighted by molar-refractivity contribution is 6.09. The first-order chi connectivity index (χ1) is 18.7. The van der Waals surface area contributed by atoms with Crippen LogP contribution in [-0.4, -0.2) is 21.4 Å². The second kappa shape index (κ2) is 10.3. The minimum atomic E-state index is -0.398. The van der Waals surface area contributed by atoms with E-state index in [-0.39, 0.29) is 23.1 Å². The third-order valence-corrected chi connectivity index (χ3v) is 6.70. The van der Waals surface area contributed by atoms with Gasteiger partial charge in [0.2, 0.25) is 0 Å². The van der Waals surface area contributed by atoms with Crippen molar-refractivity contribution < 1.29 is 9.59 Å². The van der Waals surface area contributed by atoms with Crippen molar-refractivity contribution in [1.82, 2.24) is 9.55 Å². The van der Waals surface area contributed by atoms with E-state index >= 15 is 0 Å². The Kier molecular flexibility index (Phi) is 6.77. The van der Waals surface area contributed by atoms with Crippen LogP contribution < -0.4 is 21.9 Å². The largest absolute Gasteiger partial charge is 0.397 e. The molecule has 0 saturated heterocycles. The summed E-state index contributed by atoms with van der Waals surface area (Å²) in [5.74, 6) is -0.428. The van der Waals surface area contributed by atoms with Gasteiger partial charge in [0.25, 0.3) is 17.4 Å². The molecular weight excluding hydrogens is 490 g/mol. The molecule has 5 N–H and O–H groups in total. The van der Waals surface area contributed by atoms with E-state index in [9.17, 15) is 14.4 Å². The van der Waals surface area contributed by atoms with Crippen LogP contribution in [0.5, 0.6) is 0 Å². The highest BCUT2D eigenvalue weighted by Gasteiger charge is 2.19. The summed E-state index contributed by atoms with van der Waals surface area (Å²) in [5, 5.41) is 6.30. The third kappa shape index (κ3) is 5.04. The summed E-state index contributed by atoms with van der Waals surface area (Å²) in [7, 11) is 1.70. The van der Waals surface area contributed by atoms with Gasteiger partial charge in [-0.1, -0.05) is 50.2 Å². The van der Waals surface area contributed by atoms with Crippen LogP contribution in [0.2, 0.25) is 0 Å². The lowest BCUT2D eigenvalue weighted by Gasteiger charge is -2.14. The quantitative estimate of drug-likeness (QED) is 0.214. The van der Waals surface area contributed by atoms with Gasteiger partial charge in [0, 0.05) is 35.4 Å². The predicted molar refractivity (Wildman–Crippen MR) is 156 cm³/mol. The molecule has 0 bridgehead atoms. The van der Waals surface area contributed by atoms with Crippen LogP contribution in [-0.2, 0) is 7.05 Å². The molecule has 0 radical (unpaired) electrons. The number of fused-ring (bicyclic) bond motifs is 1. The number of nitrogens with zero attached hydrogens (tertiary/aromatic N) is 1. The fourth-order valence-corrected chi connectivity index (χ4v) is 4.63. The van der Waals surface area contributed by atoms with Crippen LogP contribution in [0.4, 0.5) is 17.1 Å². The number of amides is 2. The first-order valence-corrected chi connectivity index (χ1v) is 12.6. The van der Waals surface area contributed by atoms with Gasteiger partial charge in [-0.3, -0.25) is 14.4 Å². The number of aromatic amines is 1. The zero-order valence-electron chi connectivity index (χ0n) is 21.9. The molecule has 0 fully saturated rings. The Balaban J connectivity index is 1.41. The molecule has 8 nitrogen and oxygen atoms in total. The molecule has 196 valence electrons. The Hall–Kier alpha value is -5.11. The average Bonchev–Trinajstić information content (AvgIpc) is 3.38. The summed E-state index contributed by atoms with van der Waals surface area (Å²) in [4.78, 5) is 41.7. The minimum absolute atomic E-state index is 0.218. The van der Waals surface area contributed by atoms with Crippen molar-refractivity contribution in [3.63, 3.8) is 0 Å². The number of nitrogens with two attached hydrogens (primary N) is 1. The number of anilines is 3. The second-order valence-electron chi connectivity index (χ2n) is 9.75.